The third-order valence-electron chi connectivity index (χ3n) is 1.87. The maximum atomic E-state index is 11.7. The Balaban J connectivity index is 2.88. The summed E-state index contributed by atoms with van der Waals surface area (Å²) in [6, 6.07) is 5.45. The summed E-state index contributed by atoms with van der Waals surface area (Å²) < 4.78 is 5.03. The number of ether oxygens (including phenoxy) is 1. The smallest absolute Gasteiger partial charge is 0.350 e. The van der Waals surface area contributed by atoms with Crippen LogP contribution >= 0.6 is 11.3 Å². The first-order chi connectivity index (χ1) is 7.98. The average Bonchev–Trinajstić information content (AvgIpc) is 2.77. The third-order valence-corrected chi connectivity index (χ3v) is 2.68. The van der Waals surface area contributed by atoms with Gasteiger partial charge in [0.25, 0.3) is 0 Å². The molecule has 4 heteroatoms. The second-order valence-electron chi connectivity index (χ2n) is 3.73. The molecule has 0 amide bonds. The van der Waals surface area contributed by atoms with Gasteiger partial charge in [-0.05, 0) is 31.4 Å². The number of rotatable bonds is 3. The van der Waals surface area contributed by atoms with Crippen LogP contribution in [0.15, 0.2) is 23.1 Å². The van der Waals surface area contributed by atoms with Crippen molar-refractivity contribution in [2.45, 2.75) is 19.4 Å². The Kier molecular flexibility index (Phi) is 4.09. The van der Waals surface area contributed by atoms with Gasteiger partial charge in [-0.3, -0.25) is 0 Å². The van der Waals surface area contributed by atoms with Gasteiger partial charge in [-0.1, -0.05) is 12.0 Å². The minimum absolute atomic E-state index is 0.0595. The predicted molar refractivity (Wildman–Crippen MR) is 66.9 cm³/mol. The van der Waals surface area contributed by atoms with Gasteiger partial charge >= 0.3 is 5.97 Å². The normalized spacial score (nSPS) is 11.4. The zero-order valence-corrected chi connectivity index (χ0v) is 10.4. The molecule has 1 aromatic rings. The van der Waals surface area contributed by atoms with Crippen LogP contribution < -0.4 is 0 Å². The molecule has 0 radical (unpaired) electrons. The van der Waals surface area contributed by atoms with Gasteiger partial charge in [0.05, 0.1) is 0 Å². The van der Waals surface area contributed by atoms with E-state index in [4.69, 9.17) is 16.4 Å². The van der Waals surface area contributed by atoms with Crippen LogP contribution in [0.3, 0.4) is 0 Å². The van der Waals surface area contributed by atoms with E-state index in [9.17, 15) is 4.79 Å². The molecule has 0 aliphatic rings. The molecule has 0 spiro atoms. The number of nitrogens with zero attached hydrogens (tertiary/aromatic N) is 1. The molecule has 0 saturated carbocycles. The first-order valence-corrected chi connectivity index (χ1v) is 5.73. The largest absolute Gasteiger partial charge is 0.442 e. The lowest BCUT2D eigenvalue weighted by Crippen LogP contribution is -2.26. The van der Waals surface area contributed by atoms with Gasteiger partial charge in [-0.15, -0.1) is 17.8 Å². The van der Waals surface area contributed by atoms with Crippen molar-refractivity contribution in [1.29, 1.82) is 5.26 Å². The molecule has 0 aliphatic carbocycles. The van der Waals surface area contributed by atoms with Gasteiger partial charge in [0.1, 0.15) is 11.6 Å². The summed E-state index contributed by atoms with van der Waals surface area (Å²) in [6.45, 7) is 3.18. The van der Waals surface area contributed by atoms with Crippen molar-refractivity contribution in [3.05, 3.63) is 28.0 Å². The molecule has 0 aliphatic heterocycles. The number of carbonyl (C=O) groups is 1. The van der Waals surface area contributed by atoms with Crippen LogP contribution in [0.5, 0.6) is 0 Å². The van der Waals surface area contributed by atoms with Crippen molar-refractivity contribution in [1.82, 2.24) is 0 Å². The molecule has 0 fully saturated rings. The molecule has 1 heterocycles. The zero-order valence-electron chi connectivity index (χ0n) is 9.56. The van der Waals surface area contributed by atoms with E-state index in [1.165, 1.54) is 17.4 Å². The first-order valence-electron chi connectivity index (χ1n) is 4.85. The fourth-order valence-electron chi connectivity index (χ4n) is 0.969. The lowest BCUT2D eigenvalue weighted by Gasteiger charge is -2.17. The Morgan fingerprint density at radius 2 is 2.35 bits per heavy atom. The van der Waals surface area contributed by atoms with Gasteiger partial charge < -0.3 is 4.74 Å². The molecule has 3 nitrogen and oxygen atoms in total. The van der Waals surface area contributed by atoms with Crippen molar-refractivity contribution < 1.29 is 9.53 Å². The average molecular weight is 245 g/mol. The minimum Gasteiger partial charge on any atom is -0.442 e. The van der Waals surface area contributed by atoms with Crippen molar-refractivity contribution in [3.8, 4) is 18.4 Å². The SMILES string of the molecule is C#CC(C)(C)OC(=O)/C(C#N)=C/c1cccs1. The fraction of sp³-hybridized carbons (Fsp3) is 0.231. The van der Waals surface area contributed by atoms with Crippen LogP contribution in [0, 0.1) is 23.7 Å². The summed E-state index contributed by atoms with van der Waals surface area (Å²) in [7, 11) is 0. The van der Waals surface area contributed by atoms with Crippen LogP contribution in [-0.2, 0) is 9.53 Å². The van der Waals surface area contributed by atoms with E-state index >= 15 is 0 Å². The molecular weight excluding hydrogens is 234 g/mol. The molecule has 0 saturated heterocycles. The molecule has 0 unspecified atom stereocenters. The Morgan fingerprint density at radius 3 is 2.82 bits per heavy atom. The standard InChI is InChI=1S/C13H11NO2S/c1-4-13(2,3)16-12(15)10(9-14)8-11-6-5-7-17-11/h1,5-8H,2-3H3/b10-8+. The first kappa shape index (κ1) is 13.0. The van der Waals surface area contributed by atoms with Crippen LogP contribution in [-0.4, -0.2) is 11.6 Å². The summed E-state index contributed by atoms with van der Waals surface area (Å²) in [4.78, 5) is 12.5. The van der Waals surface area contributed by atoms with E-state index in [-0.39, 0.29) is 5.57 Å². The highest BCUT2D eigenvalue weighted by atomic mass is 32.1. The monoisotopic (exact) mass is 245 g/mol. The number of thiophene rings is 1. The Bertz CT molecular complexity index is 513. The summed E-state index contributed by atoms with van der Waals surface area (Å²) >= 11 is 1.43. The molecule has 1 aromatic heterocycles. The minimum atomic E-state index is -1.01. The fourth-order valence-corrected chi connectivity index (χ4v) is 1.63. The number of esters is 1. The second kappa shape index (κ2) is 5.34. The third kappa shape index (κ3) is 3.79. The number of hydrogen-bond acceptors (Lipinski definition) is 4. The van der Waals surface area contributed by atoms with E-state index in [1.807, 2.05) is 23.6 Å². The van der Waals surface area contributed by atoms with Crippen molar-refractivity contribution >= 4 is 23.4 Å². The molecule has 0 bridgehead atoms. The molecule has 0 N–H and O–H groups in total. The van der Waals surface area contributed by atoms with Gasteiger partial charge in [0.15, 0.2) is 5.60 Å². The Hall–Kier alpha value is -2.04. The van der Waals surface area contributed by atoms with Crippen LogP contribution in [0.4, 0.5) is 0 Å². The van der Waals surface area contributed by atoms with E-state index in [2.05, 4.69) is 5.92 Å². The van der Waals surface area contributed by atoms with Crippen LogP contribution in [0.1, 0.15) is 18.7 Å². The Morgan fingerprint density at radius 1 is 1.65 bits per heavy atom. The number of carbonyl (C=O) groups excluding carboxylic acids is 1. The van der Waals surface area contributed by atoms with Gasteiger partial charge in [0.2, 0.25) is 0 Å². The van der Waals surface area contributed by atoms with E-state index < -0.39 is 11.6 Å². The lowest BCUT2D eigenvalue weighted by molar-refractivity contribution is -0.146. The van der Waals surface area contributed by atoms with Crippen LogP contribution in [0.2, 0.25) is 0 Å². The maximum absolute atomic E-state index is 11.7. The van der Waals surface area contributed by atoms with Crippen molar-refractivity contribution in [3.63, 3.8) is 0 Å². The van der Waals surface area contributed by atoms with Gasteiger partial charge in [-0.2, -0.15) is 5.26 Å². The molecule has 0 aromatic carbocycles. The summed E-state index contributed by atoms with van der Waals surface area (Å²) in [5.74, 6) is 1.63. The van der Waals surface area contributed by atoms with Gasteiger partial charge in [-0.25, -0.2) is 4.79 Å². The zero-order chi connectivity index (χ0) is 12.9. The maximum Gasteiger partial charge on any atom is 0.350 e. The topological polar surface area (TPSA) is 50.1 Å². The molecular formula is C13H11NO2S. The van der Waals surface area contributed by atoms with Crippen molar-refractivity contribution in [2.75, 3.05) is 0 Å². The molecule has 0 atom stereocenters. The number of nitriles is 1. The van der Waals surface area contributed by atoms with E-state index in [1.54, 1.807) is 13.8 Å². The second-order valence-corrected chi connectivity index (χ2v) is 4.71. The Labute approximate surface area is 104 Å². The predicted octanol–water partition coefficient (Wildman–Crippen LogP) is 2.61. The quantitative estimate of drug-likeness (QED) is 0.356. The molecule has 17 heavy (non-hydrogen) atoms. The highest BCUT2D eigenvalue weighted by molar-refractivity contribution is 7.10. The molecule has 86 valence electrons. The number of terminal acetylenes is 1. The number of hydrogen-bond donors (Lipinski definition) is 0. The highest BCUT2D eigenvalue weighted by Crippen LogP contribution is 2.16. The van der Waals surface area contributed by atoms with E-state index in [0.29, 0.717) is 0 Å². The van der Waals surface area contributed by atoms with E-state index in [0.717, 1.165) is 4.88 Å². The summed E-state index contributed by atoms with van der Waals surface area (Å²) in [5, 5.41) is 10.8. The van der Waals surface area contributed by atoms with Crippen molar-refractivity contribution in [2.24, 2.45) is 0 Å². The molecule has 1 rings (SSSR count). The highest BCUT2D eigenvalue weighted by Gasteiger charge is 2.22. The summed E-state index contributed by atoms with van der Waals surface area (Å²) in [5.41, 5.74) is -1.07. The van der Waals surface area contributed by atoms with Gasteiger partial charge in [0, 0.05) is 4.88 Å². The lowest BCUT2D eigenvalue weighted by atomic mass is 10.1. The summed E-state index contributed by atoms with van der Waals surface area (Å²) in [6.07, 6.45) is 6.69. The van der Waals surface area contributed by atoms with Crippen LogP contribution in [0.25, 0.3) is 6.08 Å².